The number of carbonyl (C=O) groups excluding carboxylic acids is 1. The summed E-state index contributed by atoms with van der Waals surface area (Å²) in [6.07, 6.45) is 3.91. The predicted molar refractivity (Wildman–Crippen MR) is 88.4 cm³/mol. The van der Waals surface area contributed by atoms with Gasteiger partial charge in [0.2, 0.25) is 5.91 Å². The summed E-state index contributed by atoms with van der Waals surface area (Å²) in [5, 5.41) is 0. The van der Waals surface area contributed by atoms with Crippen LogP contribution >= 0.6 is 0 Å². The zero-order valence-electron chi connectivity index (χ0n) is 13.6. The minimum atomic E-state index is -2.85. The van der Waals surface area contributed by atoms with Crippen molar-refractivity contribution in [3.05, 3.63) is 66.1 Å². The molecule has 0 saturated heterocycles. The van der Waals surface area contributed by atoms with Gasteiger partial charge in [-0.05, 0) is 29.8 Å². The molecule has 3 aromatic rings. The van der Waals surface area contributed by atoms with Gasteiger partial charge in [0, 0.05) is 26.0 Å². The van der Waals surface area contributed by atoms with Gasteiger partial charge in [-0.25, -0.2) is 4.98 Å². The number of hydrogen-bond acceptors (Lipinski definition) is 3. The predicted octanol–water partition coefficient (Wildman–Crippen LogP) is 3.14. The number of benzene rings is 1. The van der Waals surface area contributed by atoms with Crippen molar-refractivity contribution in [1.82, 2.24) is 14.3 Å². The molecule has 0 saturated carbocycles. The second-order valence-electron chi connectivity index (χ2n) is 5.65. The highest BCUT2D eigenvalue weighted by molar-refractivity contribution is 5.78. The number of alkyl halides is 2. The van der Waals surface area contributed by atoms with E-state index >= 15 is 0 Å². The van der Waals surface area contributed by atoms with Crippen LogP contribution in [0.4, 0.5) is 8.78 Å². The number of aromatic nitrogens is 2. The molecule has 0 N–H and O–H groups in total. The summed E-state index contributed by atoms with van der Waals surface area (Å²) in [7, 11) is 1.70. The van der Waals surface area contributed by atoms with Crippen LogP contribution in [0.3, 0.4) is 0 Å². The minimum Gasteiger partial charge on any atom is -0.435 e. The maximum absolute atomic E-state index is 12.4. The lowest BCUT2D eigenvalue weighted by molar-refractivity contribution is -0.129. The molecule has 0 fully saturated rings. The molecular formula is C18H17F2N3O2. The van der Waals surface area contributed by atoms with Crippen molar-refractivity contribution in [3.63, 3.8) is 0 Å². The Morgan fingerprint density at radius 3 is 2.68 bits per heavy atom. The van der Waals surface area contributed by atoms with Gasteiger partial charge in [0.25, 0.3) is 0 Å². The Labute approximate surface area is 143 Å². The topological polar surface area (TPSA) is 46.8 Å². The molecule has 0 aliphatic rings. The van der Waals surface area contributed by atoms with E-state index < -0.39 is 6.61 Å². The van der Waals surface area contributed by atoms with Crippen LogP contribution in [0.25, 0.3) is 5.65 Å². The molecule has 5 nitrogen and oxygen atoms in total. The maximum Gasteiger partial charge on any atom is 0.387 e. The van der Waals surface area contributed by atoms with E-state index in [1.54, 1.807) is 24.1 Å². The van der Waals surface area contributed by atoms with Gasteiger partial charge in [0.15, 0.2) is 0 Å². The van der Waals surface area contributed by atoms with Gasteiger partial charge in [-0.15, -0.1) is 0 Å². The van der Waals surface area contributed by atoms with Crippen LogP contribution in [0.1, 0.15) is 11.3 Å². The SMILES string of the molecule is CN(Cc1ccc(OC(F)F)cc1)C(=O)Cc1cn2ccccc2n1. The van der Waals surface area contributed by atoms with Crippen LogP contribution < -0.4 is 4.74 Å². The van der Waals surface area contributed by atoms with Crippen molar-refractivity contribution >= 4 is 11.6 Å². The Hall–Kier alpha value is -2.96. The van der Waals surface area contributed by atoms with Gasteiger partial charge >= 0.3 is 6.61 Å². The van der Waals surface area contributed by atoms with Crippen LogP contribution in [0.2, 0.25) is 0 Å². The third-order valence-corrected chi connectivity index (χ3v) is 3.74. The maximum atomic E-state index is 12.4. The monoisotopic (exact) mass is 345 g/mol. The number of nitrogens with zero attached hydrogens (tertiary/aromatic N) is 3. The fraction of sp³-hybridized carbons (Fsp3) is 0.222. The Kier molecular flexibility index (Phi) is 4.92. The van der Waals surface area contributed by atoms with E-state index in [1.807, 2.05) is 35.0 Å². The standard InChI is InChI=1S/C18H17F2N3O2/c1-22(11-13-5-7-15(8-6-13)25-18(19)20)17(24)10-14-12-23-9-3-2-4-16(23)21-14/h2-9,12,18H,10-11H2,1H3. The van der Waals surface area contributed by atoms with E-state index in [0.717, 1.165) is 11.2 Å². The second-order valence-corrected chi connectivity index (χ2v) is 5.65. The van der Waals surface area contributed by atoms with E-state index in [-0.39, 0.29) is 18.1 Å². The molecule has 0 unspecified atom stereocenters. The molecular weight excluding hydrogens is 328 g/mol. The molecule has 2 aromatic heterocycles. The quantitative estimate of drug-likeness (QED) is 0.690. The summed E-state index contributed by atoms with van der Waals surface area (Å²) in [4.78, 5) is 18.3. The van der Waals surface area contributed by atoms with E-state index in [0.29, 0.717) is 12.2 Å². The molecule has 3 rings (SSSR count). The van der Waals surface area contributed by atoms with E-state index in [2.05, 4.69) is 9.72 Å². The molecule has 0 aliphatic carbocycles. The number of hydrogen-bond donors (Lipinski definition) is 0. The normalized spacial score (nSPS) is 11.0. The first-order valence-corrected chi connectivity index (χ1v) is 7.71. The van der Waals surface area contributed by atoms with E-state index in [4.69, 9.17) is 0 Å². The van der Waals surface area contributed by atoms with Gasteiger partial charge in [0.1, 0.15) is 11.4 Å². The van der Waals surface area contributed by atoms with Crippen LogP contribution in [-0.4, -0.2) is 33.9 Å². The van der Waals surface area contributed by atoms with Crippen LogP contribution in [0.15, 0.2) is 54.9 Å². The number of fused-ring (bicyclic) bond motifs is 1. The lowest BCUT2D eigenvalue weighted by Gasteiger charge is -2.17. The average molecular weight is 345 g/mol. The Morgan fingerprint density at radius 1 is 1.24 bits per heavy atom. The summed E-state index contributed by atoms with van der Waals surface area (Å²) in [5.74, 6) is 0.0220. The number of halogens is 2. The molecule has 1 amide bonds. The number of likely N-dealkylation sites (N-methyl/N-ethyl adjacent to an activating group) is 1. The zero-order valence-corrected chi connectivity index (χ0v) is 13.6. The number of imidazole rings is 1. The second kappa shape index (κ2) is 7.29. The van der Waals surface area contributed by atoms with Gasteiger partial charge in [-0.2, -0.15) is 8.78 Å². The third-order valence-electron chi connectivity index (χ3n) is 3.74. The van der Waals surface area contributed by atoms with Crippen molar-refractivity contribution in [3.8, 4) is 5.75 Å². The highest BCUT2D eigenvalue weighted by Crippen LogP contribution is 2.16. The van der Waals surface area contributed by atoms with Crippen LogP contribution in [-0.2, 0) is 17.8 Å². The van der Waals surface area contributed by atoms with Crippen LogP contribution in [0, 0.1) is 0 Å². The summed E-state index contributed by atoms with van der Waals surface area (Å²) in [5.41, 5.74) is 2.32. The minimum absolute atomic E-state index is 0.0729. The van der Waals surface area contributed by atoms with Crippen molar-refractivity contribution in [2.45, 2.75) is 19.6 Å². The highest BCUT2D eigenvalue weighted by Gasteiger charge is 2.13. The molecule has 0 atom stereocenters. The largest absolute Gasteiger partial charge is 0.435 e. The summed E-state index contributed by atoms with van der Waals surface area (Å²) < 4.78 is 30.4. The van der Waals surface area contributed by atoms with Gasteiger partial charge in [-0.1, -0.05) is 18.2 Å². The van der Waals surface area contributed by atoms with E-state index in [9.17, 15) is 13.6 Å². The smallest absolute Gasteiger partial charge is 0.387 e. The first-order chi connectivity index (χ1) is 12.0. The molecule has 130 valence electrons. The van der Waals surface area contributed by atoms with Crippen molar-refractivity contribution in [1.29, 1.82) is 0 Å². The number of pyridine rings is 1. The molecule has 25 heavy (non-hydrogen) atoms. The summed E-state index contributed by atoms with van der Waals surface area (Å²) in [6, 6.07) is 11.9. The van der Waals surface area contributed by atoms with Gasteiger partial charge < -0.3 is 14.0 Å². The molecule has 7 heteroatoms. The fourth-order valence-electron chi connectivity index (χ4n) is 2.50. The van der Waals surface area contributed by atoms with Crippen molar-refractivity contribution in [2.24, 2.45) is 0 Å². The van der Waals surface area contributed by atoms with Gasteiger partial charge in [0.05, 0.1) is 12.1 Å². The Balaban J connectivity index is 1.60. The fourth-order valence-corrected chi connectivity index (χ4v) is 2.50. The zero-order chi connectivity index (χ0) is 17.8. The first kappa shape index (κ1) is 16.9. The van der Waals surface area contributed by atoms with Crippen molar-refractivity contribution < 1.29 is 18.3 Å². The molecule has 0 radical (unpaired) electrons. The average Bonchev–Trinajstić information content (AvgIpc) is 2.98. The third kappa shape index (κ3) is 4.32. The first-order valence-electron chi connectivity index (χ1n) is 7.71. The summed E-state index contributed by atoms with van der Waals surface area (Å²) in [6.45, 7) is -2.47. The lowest BCUT2D eigenvalue weighted by Crippen LogP contribution is -2.27. The number of amides is 1. The Morgan fingerprint density at radius 2 is 2.00 bits per heavy atom. The summed E-state index contributed by atoms with van der Waals surface area (Å²) >= 11 is 0. The molecule has 2 heterocycles. The highest BCUT2D eigenvalue weighted by atomic mass is 19.3. The number of carbonyl (C=O) groups is 1. The molecule has 0 spiro atoms. The molecule has 0 bridgehead atoms. The van der Waals surface area contributed by atoms with Gasteiger partial charge in [-0.3, -0.25) is 4.79 Å². The number of ether oxygens (including phenoxy) is 1. The van der Waals surface area contributed by atoms with Crippen molar-refractivity contribution in [2.75, 3.05) is 7.05 Å². The molecule has 1 aromatic carbocycles. The molecule has 0 aliphatic heterocycles. The Bertz CT molecular complexity index is 829. The van der Waals surface area contributed by atoms with E-state index in [1.165, 1.54) is 12.1 Å². The number of rotatable bonds is 6. The van der Waals surface area contributed by atoms with Crippen LogP contribution in [0.5, 0.6) is 5.75 Å². The lowest BCUT2D eigenvalue weighted by atomic mass is 10.2.